The first-order chi connectivity index (χ1) is 14.0. The lowest BCUT2D eigenvalue weighted by Gasteiger charge is -2.34. The highest BCUT2D eigenvalue weighted by Crippen LogP contribution is 2.18. The zero-order valence-electron chi connectivity index (χ0n) is 18.0. The van der Waals surface area contributed by atoms with Crippen molar-refractivity contribution in [1.82, 2.24) is 15.1 Å². The van der Waals surface area contributed by atoms with Crippen LogP contribution in [0.25, 0.3) is 0 Å². The lowest BCUT2D eigenvalue weighted by Crippen LogP contribution is -2.45. The minimum Gasteiger partial charge on any atom is -0.497 e. The topological polar surface area (TPSA) is 71.1 Å². The molecule has 29 heavy (non-hydrogen) atoms. The second kappa shape index (κ2) is 12.3. The molecule has 1 atom stereocenters. The number of benzene rings is 1. The van der Waals surface area contributed by atoms with E-state index in [0.29, 0.717) is 19.1 Å². The van der Waals surface area contributed by atoms with Crippen molar-refractivity contribution in [3.8, 4) is 5.75 Å². The van der Waals surface area contributed by atoms with Crippen LogP contribution >= 0.6 is 0 Å². The molecule has 7 nitrogen and oxygen atoms in total. The summed E-state index contributed by atoms with van der Waals surface area (Å²) >= 11 is 0. The van der Waals surface area contributed by atoms with Gasteiger partial charge in [0.05, 0.1) is 20.1 Å². The number of rotatable bonds is 10. The molecule has 2 amide bonds. The van der Waals surface area contributed by atoms with Gasteiger partial charge in [-0.1, -0.05) is 12.1 Å². The van der Waals surface area contributed by atoms with Gasteiger partial charge in [-0.15, -0.1) is 0 Å². The normalized spacial score (nSPS) is 16.9. The molecule has 7 heteroatoms. The maximum atomic E-state index is 12.2. The average molecular weight is 406 g/mol. The van der Waals surface area contributed by atoms with E-state index in [2.05, 4.69) is 22.3 Å². The van der Waals surface area contributed by atoms with Gasteiger partial charge in [-0.25, -0.2) is 4.79 Å². The van der Waals surface area contributed by atoms with Crippen molar-refractivity contribution in [2.75, 3.05) is 53.5 Å². The first-order valence-corrected chi connectivity index (χ1v) is 10.5. The first-order valence-electron chi connectivity index (χ1n) is 10.5. The van der Waals surface area contributed by atoms with Gasteiger partial charge in [-0.05, 0) is 56.3 Å². The SMILES string of the molecule is CCOC(=O)CCNC(=O)N(C)C[C@H]1CCCN(CCc2ccc(OC)cc2)C1. The van der Waals surface area contributed by atoms with E-state index in [4.69, 9.17) is 9.47 Å². The Hall–Kier alpha value is -2.28. The second-order valence-electron chi connectivity index (χ2n) is 7.57. The number of ether oxygens (including phenoxy) is 2. The van der Waals surface area contributed by atoms with Gasteiger partial charge in [0.2, 0.25) is 0 Å². The van der Waals surface area contributed by atoms with Gasteiger partial charge in [0, 0.05) is 33.2 Å². The van der Waals surface area contributed by atoms with E-state index < -0.39 is 0 Å². The molecule has 1 aromatic rings. The van der Waals surface area contributed by atoms with Gasteiger partial charge >= 0.3 is 12.0 Å². The van der Waals surface area contributed by atoms with Crippen molar-refractivity contribution in [2.45, 2.75) is 32.6 Å². The highest BCUT2D eigenvalue weighted by molar-refractivity contribution is 5.75. The Morgan fingerprint density at radius 1 is 1.28 bits per heavy atom. The van der Waals surface area contributed by atoms with Crippen LogP contribution in [0.1, 0.15) is 31.7 Å². The summed E-state index contributed by atoms with van der Waals surface area (Å²) in [7, 11) is 3.50. The zero-order valence-corrected chi connectivity index (χ0v) is 18.0. The summed E-state index contributed by atoms with van der Waals surface area (Å²) in [5.74, 6) is 1.08. The summed E-state index contributed by atoms with van der Waals surface area (Å²) in [6, 6.07) is 8.11. The summed E-state index contributed by atoms with van der Waals surface area (Å²) in [5.41, 5.74) is 1.31. The van der Waals surface area contributed by atoms with Crippen molar-refractivity contribution < 1.29 is 19.1 Å². The number of hydrogen-bond donors (Lipinski definition) is 1. The molecule has 1 aliphatic rings. The molecule has 0 aliphatic carbocycles. The van der Waals surface area contributed by atoms with Crippen molar-refractivity contribution in [2.24, 2.45) is 5.92 Å². The predicted molar refractivity (Wildman–Crippen MR) is 113 cm³/mol. The van der Waals surface area contributed by atoms with E-state index >= 15 is 0 Å². The van der Waals surface area contributed by atoms with Crippen LogP contribution in [0.3, 0.4) is 0 Å². The largest absolute Gasteiger partial charge is 0.497 e. The van der Waals surface area contributed by atoms with Crippen LogP contribution in [0, 0.1) is 5.92 Å². The van der Waals surface area contributed by atoms with E-state index in [-0.39, 0.29) is 18.4 Å². The lowest BCUT2D eigenvalue weighted by atomic mass is 9.97. The highest BCUT2D eigenvalue weighted by atomic mass is 16.5. The van der Waals surface area contributed by atoms with Gasteiger partial charge in [0.25, 0.3) is 0 Å². The van der Waals surface area contributed by atoms with Crippen LogP contribution in [-0.2, 0) is 16.0 Å². The van der Waals surface area contributed by atoms with Gasteiger partial charge < -0.3 is 24.6 Å². The quantitative estimate of drug-likeness (QED) is 0.606. The summed E-state index contributed by atoms with van der Waals surface area (Å²) in [6.45, 7) is 6.32. The number of urea groups is 1. The Balaban J connectivity index is 1.69. The average Bonchev–Trinajstić information content (AvgIpc) is 2.73. The Morgan fingerprint density at radius 2 is 2.03 bits per heavy atom. The summed E-state index contributed by atoms with van der Waals surface area (Å²) in [6.07, 6.45) is 3.52. The number of piperidine rings is 1. The number of nitrogens with one attached hydrogen (secondary N) is 1. The van der Waals surface area contributed by atoms with Crippen molar-refractivity contribution >= 4 is 12.0 Å². The molecule has 1 saturated heterocycles. The first kappa shape index (κ1) is 23.0. The Labute approximate surface area is 174 Å². The standard InChI is InChI=1S/C22H35N3O4/c1-4-29-21(26)11-13-23-22(27)24(2)16-19-6-5-14-25(17-19)15-12-18-7-9-20(28-3)10-8-18/h7-10,19H,4-6,11-17H2,1-3H3,(H,23,27)/t19-/m1/s1. The molecular formula is C22H35N3O4. The van der Waals surface area contributed by atoms with Crippen LogP contribution < -0.4 is 10.1 Å². The molecular weight excluding hydrogens is 370 g/mol. The van der Waals surface area contributed by atoms with Crippen LogP contribution in [0.5, 0.6) is 5.75 Å². The summed E-state index contributed by atoms with van der Waals surface area (Å²) in [4.78, 5) is 27.8. The number of amides is 2. The summed E-state index contributed by atoms with van der Waals surface area (Å²) < 4.78 is 10.1. The van der Waals surface area contributed by atoms with Crippen molar-refractivity contribution in [3.63, 3.8) is 0 Å². The third kappa shape index (κ3) is 8.31. The van der Waals surface area contributed by atoms with E-state index in [1.165, 1.54) is 5.56 Å². The summed E-state index contributed by atoms with van der Waals surface area (Å²) in [5, 5.41) is 2.79. The lowest BCUT2D eigenvalue weighted by molar-refractivity contribution is -0.142. The van der Waals surface area contributed by atoms with Gasteiger partial charge in [-0.2, -0.15) is 0 Å². The Kier molecular flexibility index (Phi) is 9.77. The molecule has 0 bridgehead atoms. The predicted octanol–water partition coefficient (Wildman–Crippen LogP) is 2.54. The van der Waals surface area contributed by atoms with Gasteiger partial charge in [-0.3, -0.25) is 4.79 Å². The van der Waals surface area contributed by atoms with Gasteiger partial charge in [0.1, 0.15) is 5.75 Å². The third-order valence-electron chi connectivity index (χ3n) is 5.27. The highest BCUT2D eigenvalue weighted by Gasteiger charge is 2.22. The zero-order chi connectivity index (χ0) is 21.1. The number of likely N-dealkylation sites (tertiary alicyclic amines) is 1. The molecule has 0 spiro atoms. The maximum Gasteiger partial charge on any atom is 0.317 e. The number of nitrogens with zero attached hydrogens (tertiary/aromatic N) is 2. The molecule has 0 aromatic heterocycles. The Morgan fingerprint density at radius 3 is 2.72 bits per heavy atom. The number of hydrogen-bond acceptors (Lipinski definition) is 5. The smallest absolute Gasteiger partial charge is 0.317 e. The van der Waals surface area contributed by atoms with E-state index in [1.54, 1.807) is 18.9 Å². The molecule has 1 fully saturated rings. The number of esters is 1. The molecule has 1 aromatic carbocycles. The van der Waals surface area contributed by atoms with Crippen LogP contribution in [0.4, 0.5) is 4.79 Å². The minimum absolute atomic E-state index is 0.135. The van der Waals surface area contributed by atoms with E-state index in [9.17, 15) is 9.59 Å². The maximum absolute atomic E-state index is 12.2. The third-order valence-corrected chi connectivity index (χ3v) is 5.27. The molecule has 2 rings (SSSR count). The van der Waals surface area contributed by atoms with Crippen molar-refractivity contribution in [1.29, 1.82) is 0 Å². The molecule has 162 valence electrons. The van der Waals surface area contributed by atoms with Crippen LogP contribution in [0.2, 0.25) is 0 Å². The monoisotopic (exact) mass is 405 g/mol. The van der Waals surface area contributed by atoms with Crippen LogP contribution in [-0.4, -0.2) is 75.3 Å². The number of carbonyl (C=O) groups excluding carboxylic acids is 2. The fourth-order valence-corrected chi connectivity index (χ4v) is 3.69. The number of methoxy groups -OCH3 is 1. The van der Waals surface area contributed by atoms with E-state index in [1.807, 2.05) is 19.2 Å². The van der Waals surface area contributed by atoms with Crippen LogP contribution in [0.15, 0.2) is 24.3 Å². The number of carbonyl (C=O) groups is 2. The molecule has 1 aliphatic heterocycles. The molecule has 0 radical (unpaired) electrons. The molecule has 0 saturated carbocycles. The van der Waals surface area contributed by atoms with Crippen molar-refractivity contribution in [3.05, 3.63) is 29.8 Å². The fraction of sp³-hybridized carbons (Fsp3) is 0.636. The van der Waals surface area contributed by atoms with E-state index in [0.717, 1.165) is 51.2 Å². The Bertz CT molecular complexity index is 635. The molecule has 1 heterocycles. The minimum atomic E-state index is -0.282. The fourth-order valence-electron chi connectivity index (χ4n) is 3.69. The van der Waals surface area contributed by atoms with Gasteiger partial charge in [0.15, 0.2) is 0 Å². The molecule has 0 unspecified atom stereocenters. The second-order valence-corrected chi connectivity index (χ2v) is 7.57. The molecule has 1 N–H and O–H groups in total.